The highest BCUT2D eigenvalue weighted by molar-refractivity contribution is 5.33. The van der Waals surface area contributed by atoms with E-state index < -0.39 is 0 Å². The number of ether oxygens (including phenoxy) is 1. The van der Waals surface area contributed by atoms with Crippen molar-refractivity contribution in [1.82, 2.24) is 10.6 Å². The molecule has 0 saturated carbocycles. The molecule has 1 saturated heterocycles. The monoisotopic (exact) mass is 262 g/mol. The van der Waals surface area contributed by atoms with Gasteiger partial charge in [-0.2, -0.15) is 0 Å². The molecular weight excluding hydrogens is 236 g/mol. The van der Waals surface area contributed by atoms with Gasteiger partial charge < -0.3 is 15.4 Å². The van der Waals surface area contributed by atoms with Gasteiger partial charge in [-0.1, -0.05) is 26.0 Å². The molecule has 0 atom stereocenters. The molecule has 1 fully saturated rings. The number of benzene rings is 1. The zero-order chi connectivity index (χ0) is 13.7. The van der Waals surface area contributed by atoms with Crippen molar-refractivity contribution in [3.63, 3.8) is 0 Å². The summed E-state index contributed by atoms with van der Waals surface area (Å²) in [6, 6.07) is 9.06. The summed E-state index contributed by atoms with van der Waals surface area (Å²) in [5, 5.41) is 7.12. The van der Waals surface area contributed by atoms with Crippen LogP contribution in [-0.4, -0.2) is 32.8 Å². The third kappa shape index (κ3) is 3.95. The molecule has 1 aromatic carbocycles. The molecule has 2 N–H and O–H groups in total. The van der Waals surface area contributed by atoms with E-state index in [1.165, 1.54) is 18.4 Å². The molecule has 1 heterocycles. The summed E-state index contributed by atoms with van der Waals surface area (Å²) in [4.78, 5) is 0. The molecule has 0 amide bonds. The first kappa shape index (κ1) is 14.4. The average Bonchev–Trinajstić information content (AvgIpc) is 2.46. The highest BCUT2D eigenvalue weighted by Gasteiger charge is 2.23. The number of nitrogens with one attached hydrogen (secondary N) is 2. The molecule has 0 radical (unpaired) electrons. The normalized spacial score (nSPS) is 17.4. The zero-order valence-electron chi connectivity index (χ0n) is 12.3. The van der Waals surface area contributed by atoms with E-state index in [1.807, 2.05) is 6.07 Å². The molecule has 0 spiro atoms. The number of hydrogen-bond donors (Lipinski definition) is 2. The average molecular weight is 262 g/mol. The van der Waals surface area contributed by atoms with Crippen LogP contribution >= 0.6 is 0 Å². The van der Waals surface area contributed by atoms with Crippen LogP contribution in [-0.2, 0) is 5.41 Å². The summed E-state index contributed by atoms with van der Waals surface area (Å²) >= 11 is 0. The highest BCUT2D eigenvalue weighted by Crippen LogP contribution is 2.26. The Hall–Kier alpha value is -1.06. The van der Waals surface area contributed by atoms with E-state index in [1.54, 1.807) is 7.11 Å². The van der Waals surface area contributed by atoms with Gasteiger partial charge in [0.05, 0.1) is 7.11 Å². The van der Waals surface area contributed by atoms with Gasteiger partial charge in [0.2, 0.25) is 0 Å². The topological polar surface area (TPSA) is 33.3 Å². The quantitative estimate of drug-likeness (QED) is 0.854. The molecule has 19 heavy (non-hydrogen) atoms. The lowest BCUT2D eigenvalue weighted by molar-refractivity contribution is 0.350. The van der Waals surface area contributed by atoms with Gasteiger partial charge >= 0.3 is 0 Å². The molecule has 0 aliphatic carbocycles. The minimum atomic E-state index is 0.124. The van der Waals surface area contributed by atoms with Crippen LogP contribution in [0, 0.1) is 0 Å². The van der Waals surface area contributed by atoms with E-state index in [2.05, 4.69) is 42.7 Å². The Bertz CT molecular complexity index is 397. The van der Waals surface area contributed by atoms with Gasteiger partial charge in [0, 0.05) is 18.0 Å². The molecule has 0 aromatic heterocycles. The van der Waals surface area contributed by atoms with Gasteiger partial charge in [0.15, 0.2) is 0 Å². The zero-order valence-corrected chi connectivity index (χ0v) is 12.3. The van der Waals surface area contributed by atoms with Gasteiger partial charge in [0.1, 0.15) is 5.75 Å². The van der Waals surface area contributed by atoms with Crippen LogP contribution < -0.4 is 15.4 Å². The van der Waals surface area contributed by atoms with Crippen LogP contribution in [0.1, 0.15) is 32.3 Å². The Morgan fingerprint density at radius 1 is 1.32 bits per heavy atom. The van der Waals surface area contributed by atoms with Crippen LogP contribution in [0.25, 0.3) is 0 Å². The summed E-state index contributed by atoms with van der Waals surface area (Å²) in [5.41, 5.74) is 1.45. The Kier molecular flexibility index (Phi) is 4.83. The highest BCUT2D eigenvalue weighted by atomic mass is 16.5. The van der Waals surface area contributed by atoms with Gasteiger partial charge in [-0.3, -0.25) is 0 Å². The van der Waals surface area contributed by atoms with E-state index in [0.29, 0.717) is 6.04 Å². The molecule has 0 unspecified atom stereocenters. The fraction of sp³-hybridized carbons (Fsp3) is 0.625. The smallest absolute Gasteiger partial charge is 0.119 e. The fourth-order valence-corrected chi connectivity index (χ4v) is 2.57. The Labute approximate surface area is 116 Å². The van der Waals surface area contributed by atoms with Crippen molar-refractivity contribution >= 4 is 0 Å². The second-order valence-electron chi connectivity index (χ2n) is 6.02. The number of rotatable bonds is 5. The number of hydrogen-bond acceptors (Lipinski definition) is 3. The molecule has 0 bridgehead atoms. The minimum absolute atomic E-state index is 0.124. The Morgan fingerprint density at radius 2 is 2.05 bits per heavy atom. The van der Waals surface area contributed by atoms with E-state index >= 15 is 0 Å². The van der Waals surface area contributed by atoms with Crippen LogP contribution in [0.2, 0.25) is 0 Å². The summed E-state index contributed by atoms with van der Waals surface area (Å²) in [6.07, 6.45) is 2.46. The van der Waals surface area contributed by atoms with Crippen molar-refractivity contribution in [1.29, 1.82) is 0 Å². The van der Waals surface area contributed by atoms with Crippen molar-refractivity contribution in [2.45, 2.75) is 38.1 Å². The van der Waals surface area contributed by atoms with Crippen LogP contribution in [0.15, 0.2) is 24.3 Å². The molecular formula is C16H26N2O. The second kappa shape index (κ2) is 6.40. The van der Waals surface area contributed by atoms with E-state index in [-0.39, 0.29) is 5.41 Å². The van der Waals surface area contributed by atoms with Crippen molar-refractivity contribution in [2.75, 3.05) is 26.7 Å². The van der Waals surface area contributed by atoms with Crippen LogP contribution in [0.3, 0.4) is 0 Å². The van der Waals surface area contributed by atoms with E-state index in [9.17, 15) is 0 Å². The molecule has 106 valence electrons. The first-order valence-corrected chi connectivity index (χ1v) is 7.20. The molecule has 1 aliphatic rings. The first-order valence-electron chi connectivity index (χ1n) is 7.20. The van der Waals surface area contributed by atoms with Crippen LogP contribution in [0.5, 0.6) is 5.75 Å². The van der Waals surface area contributed by atoms with Crippen molar-refractivity contribution in [3.05, 3.63) is 29.8 Å². The largest absolute Gasteiger partial charge is 0.497 e. The summed E-state index contributed by atoms with van der Waals surface area (Å²) < 4.78 is 5.32. The van der Waals surface area contributed by atoms with E-state index in [0.717, 1.165) is 25.4 Å². The van der Waals surface area contributed by atoms with Crippen molar-refractivity contribution < 1.29 is 4.74 Å². The van der Waals surface area contributed by atoms with Gasteiger partial charge in [0.25, 0.3) is 0 Å². The van der Waals surface area contributed by atoms with Gasteiger partial charge in [-0.15, -0.1) is 0 Å². The van der Waals surface area contributed by atoms with Gasteiger partial charge in [-0.05, 0) is 43.6 Å². The lowest BCUT2D eigenvalue weighted by Gasteiger charge is -2.31. The summed E-state index contributed by atoms with van der Waals surface area (Å²) in [6.45, 7) is 7.85. The maximum atomic E-state index is 5.32. The fourth-order valence-electron chi connectivity index (χ4n) is 2.57. The summed E-state index contributed by atoms with van der Waals surface area (Å²) in [5.74, 6) is 0.937. The molecule has 3 nitrogen and oxygen atoms in total. The van der Waals surface area contributed by atoms with Crippen molar-refractivity contribution in [2.24, 2.45) is 0 Å². The Morgan fingerprint density at radius 3 is 2.74 bits per heavy atom. The third-order valence-electron chi connectivity index (χ3n) is 4.02. The predicted molar refractivity (Wildman–Crippen MR) is 79.9 cm³/mol. The SMILES string of the molecule is COc1cccc(C(C)(C)CNC2CCNCC2)c1. The van der Waals surface area contributed by atoms with E-state index in [4.69, 9.17) is 4.74 Å². The lowest BCUT2D eigenvalue weighted by Crippen LogP contribution is -2.44. The maximum Gasteiger partial charge on any atom is 0.119 e. The Balaban J connectivity index is 1.96. The minimum Gasteiger partial charge on any atom is -0.497 e. The maximum absolute atomic E-state index is 5.32. The molecule has 2 rings (SSSR count). The molecule has 1 aliphatic heterocycles. The molecule has 1 aromatic rings. The number of methoxy groups -OCH3 is 1. The summed E-state index contributed by atoms with van der Waals surface area (Å²) in [7, 11) is 1.72. The predicted octanol–water partition coefficient (Wildman–Crippen LogP) is 2.31. The second-order valence-corrected chi connectivity index (χ2v) is 6.02. The standard InChI is InChI=1S/C16H26N2O/c1-16(2,12-18-14-7-9-17-10-8-14)13-5-4-6-15(11-13)19-3/h4-6,11,14,17-18H,7-10,12H2,1-3H3. The third-order valence-corrected chi connectivity index (χ3v) is 4.02. The molecule has 3 heteroatoms. The lowest BCUT2D eigenvalue weighted by atomic mass is 9.84. The van der Waals surface area contributed by atoms with Gasteiger partial charge in [-0.25, -0.2) is 0 Å². The van der Waals surface area contributed by atoms with Crippen molar-refractivity contribution in [3.8, 4) is 5.75 Å². The first-order chi connectivity index (χ1) is 9.12. The number of piperidine rings is 1. The van der Waals surface area contributed by atoms with Crippen LogP contribution in [0.4, 0.5) is 0 Å².